The first-order valence-corrected chi connectivity index (χ1v) is 4.06. The summed E-state index contributed by atoms with van der Waals surface area (Å²) in [5, 5.41) is 17.1. The number of hydrogen-bond acceptors (Lipinski definition) is 3. The number of aromatic carboxylic acids is 1. The fraction of sp³-hybridized carbons (Fsp3) is 0.500. The zero-order valence-corrected chi connectivity index (χ0v) is 9.33. The number of nitrogens with zero attached hydrogens (tertiary/aromatic N) is 1. The molecule has 1 aromatic heterocycles. The Balaban J connectivity index is 0.000000653. The van der Waals surface area contributed by atoms with Gasteiger partial charge in [0.1, 0.15) is 5.69 Å². The topological polar surface area (TPSA) is 68.8 Å². The largest absolute Gasteiger partial charge is 1.00 e. The third kappa shape index (κ3) is 1.16. The van der Waals surface area contributed by atoms with E-state index in [2.05, 4.69) is 10.2 Å². The summed E-state index contributed by atoms with van der Waals surface area (Å²) in [5.74, 6) is 0.0988. The predicted molar refractivity (Wildman–Crippen MR) is 37.5 cm³/mol. The molecule has 5 heteroatoms. The normalized spacial score (nSPS) is 27.4. The van der Waals surface area contributed by atoms with Crippen LogP contribution in [0.2, 0.25) is 0 Å². The monoisotopic (exact) mass is 186 g/mol. The van der Waals surface area contributed by atoms with Crippen LogP contribution in [-0.4, -0.2) is 16.2 Å². The molecule has 1 heterocycles. The first-order chi connectivity index (χ1) is 5.77. The third-order valence-corrected chi connectivity index (χ3v) is 2.85. The Morgan fingerprint density at radius 1 is 1.62 bits per heavy atom. The number of hydrogen-bond donors (Lipinski definition) is 1. The minimum atomic E-state index is -1.16. The van der Waals surface area contributed by atoms with Gasteiger partial charge in [-0.25, -0.2) is 0 Å². The molecule has 0 aromatic carbocycles. The molecule has 1 N–H and O–H groups in total. The molecular formula is C8H7N2NaO2. The van der Waals surface area contributed by atoms with Crippen LogP contribution in [0.3, 0.4) is 0 Å². The number of aromatic amines is 1. The van der Waals surface area contributed by atoms with Crippen molar-refractivity contribution in [2.45, 2.75) is 18.8 Å². The number of aromatic nitrogens is 2. The number of H-pyrrole nitrogens is 1. The summed E-state index contributed by atoms with van der Waals surface area (Å²) in [6.45, 7) is 0. The van der Waals surface area contributed by atoms with E-state index in [9.17, 15) is 9.90 Å². The van der Waals surface area contributed by atoms with E-state index in [4.69, 9.17) is 0 Å². The van der Waals surface area contributed by atoms with Gasteiger partial charge in [-0.1, -0.05) is 0 Å². The molecule has 4 nitrogen and oxygen atoms in total. The SMILES string of the molecule is O=C([O-])c1n[nH]c2c1CC1CC21.[Na+]. The molecule has 1 aromatic rings. The molecule has 62 valence electrons. The van der Waals surface area contributed by atoms with Crippen molar-refractivity contribution in [3.8, 4) is 0 Å². The molecule has 2 atom stereocenters. The van der Waals surface area contributed by atoms with Gasteiger partial charge >= 0.3 is 29.6 Å². The van der Waals surface area contributed by atoms with Crippen molar-refractivity contribution >= 4 is 5.97 Å². The molecule has 0 spiro atoms. The van der Waals surface area contributed by atoms with E-state index < -0.39 is 5.97 Å². The number of fused-ring (bicyclic) bond motifs is 3. The van der Waals surface area contributed by atoms with Crippen molar-refractivity contribution in [3.63, 3.8) is 0 Å². The number of carbonyl (C=O) groups excluding carboxylic acids is 1. The van der Waals surface area contributed by atoms with Gasteiger partial charge in [0.15, 0.2) is 0 Å². The second-order valence-electron chi connectivity index (χ2n) is 3.56. The quantitative estimate of drug-likeness (QED) is 0.461. The summed E-state index contributed by atoms with van der Waals surface area (Å²) in [7, 11) is 0. The van der Waals surface area contributed by atoms with Crippen LogP contribution < -0.4 is 34.7 Å². The van der Waals surface area contributed by atoms with E-state index >= 15 is 0 Å². The number of carbonyl (C=O) groups is 1. The van der Waals surface area contributed by atoms with Crippen LogP contribution in [0.4, 0.5) is 0 Å². The van der Waals surface area contributed by atoms with Crippen LogP contribution in [0.5, 0.6) is 0 Å². The number of carboxylic acid groups (broad SMARTS) is 1. The second kappa shape index (κ2) is 2.83. The van der Waals surface area contributed by atoms with Crippen molar-refractivity contribution in [2.24, 2.45) is 5.92 Å². The number of carboxylic acids is 1. The summed E-state index contributed by atoms with van der Waals surface area (Å²) in [6.07, 6.45) is 2.07. The fourth-order valence-electron chi connectivity index (χ4n) is 2.15. The van der Waals surface area contributed by atoms with Crippen LogP contribution in [0.25, 0.3) is 0 Å². The van der Waals surface area contributed by atoms with E-state index in [0.717, 1.165) is 17.7 Å². The zero-order valence-electron chi connectivity index (χ0n) is 7.33. The smallest absolute Gasteiger partial charge is 0.543 e. The summed E-state index contributed by atoms with van der Waals surface area (Å²) in [6, 6.07) is 0. The molecule has 0 saturated heterocycles. The summed E-state index contributed by atoms with van der Waals surface area (Å²) in [5.41, 5.74) is 2.05. The molecule has 0 aliphatic heterocycles. The Morgan fingerprint density at radius 2 is 2.38 bits per heavy atom. The van der Waals surface area contributed by atoms with E-state index in [0.29, 0.717) is 11.8 Å². The van der Waals surface area contributed by atoms with Gasteiger partial charge in [-0.05, 0) is 18.8 Å². The Hall–Kier alpha value is -0.320. The fourth-order valence-corrected chi connectivity index (χ4v) is 2.15. The van der Waals surface area contributed by atoms with E-state index in [1.165, 1.54) is 6.42 Å². The van der Waals surface area contributed by atoms with Gasteiger partial charge in [0.25, 0.3) is 0 Å². The zero-order chi connectivity index (χ0) is 8.29. The molecule has 2 aliphatic rings. The van der Waals surface area contributed by atoms with Crippen LogP contribution in [0.15, 0.2) is 0 Å². The van der Waals surface area contributed by atoms with Gasteiger partial charge in [-0.15, -0.1) is 0 Å². The molecule has 2 aliphatic carbocycles. The van der Waals surface area contributed by atoms with E-state index in [1.54, 1.807) is 0 Å². The minimum absolute atomic E-state index is 0. The van der Waals surface area contributed by atoms with E-state index in [1.807, 2.05) is 0 Å². The standard InChI is InChI=1S/C8H8N2O2.Na/c11-8(12)7-5-2-3-1-4(3)6(5)9-10-7;/h3-4H,1-2H2,(H,9,10)(H,11,12);/q;+1/p-1. The van der Waals surface area contributed by atoms with Crippen LogP contribution in [0, 0.1) is 5.92 Å². The van der Waals surface area contributed by atoms with Crippen molar-refractivity contribution < 1.29 is 39.5 Å². The predicted octanol–water partition coefficient (Wildman–Crippen LogP) is -3.56. The maximum absolute atomic E-state index is 10.5. The molecule has 13 heavy (non-hydrogen) atoms. The van der Waals surface area contributed by atoms with Gasteiger partial charge in [-0.2, -0.15) is 5.10 Å². The van der Waals surface area contributed by atoms with Gasteiger partial charge in [-0.3, -0.25) is 5.10 Å². The van der Waals surface area contributed by atoms with Crippen molar-refractivity contribution in [2.75, 3.05) is 0 Å². The van der Waals surface area contributed by atoms with Crippen LogP contribution in [0.1, 0.15) is 34.1 Å². The molecule has 1 fully saturated rings. The first-order valence-electron chi connectivity index (χ1n) is 4.06. The van der Waals surface area contributed by atoms with Gasteiger partial charge < -0.3 is 9.90 Å². The molecule has 1 saturated carbocycles. The minimum Gasteiger partial charge on any atom is -0.543 e. The Kier molecular flexibility index (Phi) is 2.02. The molecule has 2 unspecified atom stereocenters. The second-order valence-corrected chi connectivity index (χ2v) is 3.56. The third-order valence-electron chi connectivity index (χ3n) is 2.85. The molecular weight excluding hydrogens is 179 g/mol. The Morgan fingerprint density at radius 3 is 3.08 bits per heavy atom. The number of rotatable bonds is 1. The average molecular weight is 186 g/mol. The van der Waals surface area contributed by atoms with Gasteiger partial charge in [0.2, 0.25) is 0 Å². The Bertz CT molecular complexity index is 374. The average Bonchev–Trinajstić information content (AvgIpc) is 2.54. The maximum Gasteiger partial charge on any atom is 1.00 e. The number of nitrogens with one attached hydrogen (secondary N) is 1. The first kappa shape index (κ1) is 9.24. The van der Waals surface area contributed by atoms with E-state index in [-0.39, 0.29) is 35.3 Å². The van der Waals surface area contributed by atoms with Gasteiger partial charge in [0.05, 0.1) is 5.97 Å². The summed E-state index contributed by atoms with van der Waals surface area (Å²) < 4.78 is 0. The summed E-state index contributed by atoms with van der Waals surface area (Å²) in [4.78, 5) is 10.5. The molecule has 0 bridgehead atoms. The summed E-state index contributed by atoms with van der Waals surface area (Å²) >= 11 is 0. The Labute approximate surface area is 97.0 Å². The van der Waals surface area contributed by atoms with Crippen LogP contribution >= 0.6 is 0 Å². The van der Waals surface area contributed by atoms with Gasteiger partial charge in [0, 0.05) is 17.2 Å². The van der Waals surface area contributed by atoms with Crippen molar-refractivity contribution in [1.29, 1.82) is 0 Å². The maximum atomic E-state index is 10.5. The molecule has 0 amide bonds. The van der Waals surface area contributed by atoms with Crippen LogP contribution in [-0.2, 0) is 6.42 Å². The molecule has 3 rings (SSSR count). The molecule has 0 radical (unpaired) electrons. The van der Waals surface area contributed by atoms with Crippen molar-refractivity contribution in [3.05, 3.63) is 17.0 Å². The van der Waals surface area contributed by atoms with Crippen molar-refractivity contribution in [1.82, 2.24) is 10.2 Å².